The van der Waals surface area contributed by atoms with E-state index in [1.807, 2.05) is 37.3 Å². The maximum Gasteiger partial charge on any atom is 0.339 e. The fourth-order valence-electron chi connectivity index (χ4n) is 4.02. The van der Waals surface area contributed by atoms with Crippen molar-refractivity contribution < 1.29 is 9.15 Å². The normalized spacial score (nSPS) is 15.5. The lowest BCUT2D eigenvalue weighted by Crippen LogP contribution is -2.46. The summed E-state index contributed by atoms with van der Waals surface area (Å²) in [5.41, 5.74) is 3.24. The van der Waals surface area contributed by atoms with Crippen molar-refractivity contribution in [2.24, 2.45) is 0 Å². The maximum atomic E-state index is 11.9. The second kappa shape index (κ2) is 9.86. The smallest absolute Gasteiger partial charge is 0.339 e. The summed E-state index contributed by atoms with van der Waals surface area (Å²) < 4.78 is 11.3. The number of halogens is 1. The fraction of sp³-hybridized carbons (Fsp3) is 0.400. The van der Waals surface area contributed by atoms with Gasteiger partial charge >= 0.3 is 5.63 Å². The molecule has 0 spiro atoms. The Morgan fingerprint density at radius 3 is 2.42 bits per heavy atom. The zero-order valence-corrected chi connectivity index (χ0v) is 19.0. The number of aryl methyl sites for hydroxylation is 1. The van der Waals surface area contributed by atoms with E-state index in [2.05, 4.69) is 21.9 Å². The molecule has 0 aliphatic carbocycles. The Bertz CT molecular complexity index is 1090. The molecule has 1 fully saturated rings. The van der Waals surface area contributed by atoms with Crippen molar-refractivity contribution in [2.75, 3.05) is 39.3 Å². The van der Waals surface area contributed by atoms with Gasteiger partial charge in [0.05, 0.1) is 6.61 Å². The molecule has 0 amide bonds. The molecular formula is C25H29ClN2O3. The molecule has 1 aromatic heterocycles. The second-order valence-corrected chi connectivity index (χ2v) is 8.68. The molecule has 0 N–H and O–H groups in total. The van der Waals surface area contributed by atoms with Crippen LogP contribution in [0.5, 0.6) is 5.75 Å². The number of hydrogen-bond acceptors (Lipinski definition) is 5. The van der Waals surface area contributed by atoms with Gasteiger partial charge < -0.3 is 14.1 Å². The quantitative estimate of drug-likeness (QED) is 0.395. The average Bonchev–Trinajstić information content (AvgIpc) is 2.78. The zero-order chi connectivity index (χ0) is 21.8. The maximum absolute atomic E-state index is 11.9. The van der Waals surface area contributed by atoms with E-state index in [-0.39, 0.29) is 5.63 Å². The van der Waals surface area contributed by atoms with Crippen LogP contribution in [0, 0.1) is 13.8 Å². The molecule has 3 aromatic rings. The molecule has 1 aliphatic heterocycles. The predicted octanol–water partition coefficient (Wildman–Crippen LogP) is 4.65. The van der Waals surface area contributed by atoms with Gasteiger partial charge in [0.25, 0.3) is 0 Å². The summed E-state index contributed by atoms with van der Waals surface area (Å²) in [5, 5.41) is 1.75. The molecule has 0 saturated carbocycles. The van der Waals surface area contributed by atoms with Crippen LogP contribution in [0.4, 0.5) is 0 Å². The SMILES string of the molecule is Cc1c(C)c2ccc(OCCCN3CCN(Cc4ccc(Cl)cc4)CC3)cc2oc1=O. The van der Waals surface area contributed by atoms with E-state index < -0.39 is 0 Å². The van der Waals surface area contributed by atoms with E-state index in [9.17, 15) is 4.79 Å². The minimum absolute atomic E-state index is 0.280. The first-order chi connectivity index (χ1) is 15.0. The van der Waals surface area contributed by atoms with Crippen molar-refractivity contribution in [2.45, 2.75) is 26.8 Å². The third-order valence-electron chi connectivity index (χ3n) is 6.10. The number of fused-ring (bicyclic) bond motifs is 1. The third kappa shape index (κ3) is 5.48. The van der Waals surface area contributed by atoms with Gasteiger partial charge in [0.1, 0.15) is 11.3 Å². The molecule has 0 bridgehead atoms. The second-order valence-electron chi connectivity index (χ2n) is 8.24. The Kier molecular flexibility index (Phi) is 6.96. The number of piperazine rings is 1. The van der Waals surface area contributed by atoms with E-state index in [1.165, 1.54) is 5.56 Å². The Hall–Kier alpha value is -2.34. The lowest BCUT2D eigenvalue weighted by molar-refractivity contribution is 0.121. The van der Waals surface area contributed by atoms with Gasteiger partial charge in [0.2, 0.25) is 0 Å². The zero-order valence-electron chi connectivity index (χ0n) is 18.2. The van der Waals surface area contributed by atoms with Gasteiger partial charge in [-0.2, -0.15) is 0 Å². The van der Waals surface area contributed by atoms with E-state index in [4.69, 9.17) is 20.8 Å². The molecule has 5 nitrogen and oxygen atoms in total. The molecule has 0 atom stereocenters. The van der Waals surface area contributed by atoms with Gasteiger partial charge in [-0.25, -0.2) is 4.79 Å². The van der Waals surface area contributed by atoms with E-state index >= 15 is 0 Å². The molecule has 4 rings (SSSR count). The molecule has 31 heavy (non-hydrogen) atoms. The molecule has 164 valence electrons. The van der Waals surface area contributed by atoms with Crippen molar-refractivity contribution in [3.8, 4) is 5.75 Å². The highest BCUT2D eigenvalue weighted by atomic mass is 35.5. The van der Waals surface area contributed by atoms with E-state index in [1.54, 1.807) is 6.92 Å². The number of ether oxygens (including phenoxy) is 1. The summed E-state index contributed by atoms with van der Waals surface area (Å²) in [4.78, 5) is 16.9. The molecule has 0 radical (unpaired) electrons. The van der Waals surface area contributed by atoms with Crippen LogP contribution in [-0.2, 0) is 6.54 Å². The molecule has 1 aliphatic rings. The Labute approximate surface area is 188 Å². The number of hydrogen-bond donors (Lipinski definition) is 0. The lowest BCUT2D eigenvalue weighted by atomic mass is 10.1. The molecule has 2 heterocycles. The summed E-state index contributed by atoms with van der Waals surface area (Å²) in [7, 11) is 0. The number of nitrogens with zero attached hydrogens (tertiary/aromatic N) is 2. The highest BCUT2D eigenvalue weighted by Crippen LogP contribution is 2.24. The number of rotatable bonds is 7. The van der Waals surface area contributed by atoms with Crippen LogP contribution >= 0.6 is 11.6 Å². The van der Waals surface area contributed by atoms with Gasteiger partial charge in [-0.1, -0.05) is 23.7 Å². The third-order valence-corrected chi connectivity index (χ3v) is 6.35. The minimum atomic E-state index is -0.280. The van der Waals surface area contributed by atoms with Crippen molar-refractivity contribution in [1.29, 1.82) is 0 Å². The van der Waals surface area contributed by atoms with Gasteiger partial charge in [0, 0.05) is 61.3 Å². The topological polar surface area (TPSA) is 45.9 Å². The predicted molar refractivity (Wildman–Crippen MR) is 125 cm³/mol. The molecule has 0 unspecified atom stereocenters. The summed E-state index contributed by atoms with van der Waals surface area (Å²) in [5.74, 6) is 0.742. The monoisotopic (exact) mass is 440 g/mol. The average molecular weight is 441 g/mol. The standard InChI is InChI=1S/C25H29ClN2O3/c1-18-19(2)25(29)31-24-16-22(8-9-23(18)24)30-15-3-10-27-11-13-28(14-12-27)17-20-4-6-21(26)7-5-20/h4-9,16H,3,10-15,17H2,1-2H3. The molecule has 1 saturated heterocycles. The summed E-state index contributed by atoms with van der Waals surface area (Å²) >= 11 is 5.97. The first kappa shape index (κ1) is 21.9. The van der Waals surface area contributed by atoms with E-state index in [0.717, 1.165) is 67.4 Å². The van der Waals surface area contributed by atoms with Crippen LogP contribution in [0.15, 0.2) is 51.7 Å². The molecule has 2 aromatic carbocycles. The first-order valence-corrected chi connectivity index (χ1v) is 11.2. The highest BCUT2D eigenvalue weighted by Gasteiger charge is 2.16. The number of benzene rings is 2. The van der Waals surface area contributed by atoms with Crippen molar-refractivity contribution in [3.63, 3.8) is 0 Å². The summed E-state index contributed by atoms with van der Waals surface area (Å²) in [6, 6.07) is 13.9. The van der Waals surface area contributed by atoms with Crippen LogP contribution in [-0.4, -0.2) is 49.1 Å². The fourth-order valence-corrected chi connectivity index (χ4v) is 4.14. The van der Waals surface area contributed by atoms with Gasteiger partial charge in [-0.3, -0.25) is 4.90 Å². The van der Waals surface area contributed by atoms with Crippen molar-refractivity contribution >= 4 is 22.6 Å². The summed E-state index contributed by atoms with van der Waals surface area (Å²) in [6.45, 7) is 10.7. The van der Waals surface area contributed by atoms with Crippen LogP contribution in [0.2, 0.25) is 5.02 Å². The Morgan fingerprint density at radius 2 is 1.68 bits per heavy atom. The lowest BCUT2D eigenvalue weighted by Gasteiger charge is -2.34. The van der Waals surface area contributed by atoms with Gasteiger partial charge in [0.15, 0.2) is 0 Å². The van der Waals surface area contributed by atoms with Crippen LogP contribution in [0.1, 0.15) is 23.1 Å². The van der Waals surface area contributed by atoms with Crippen LogP contribution in [0.25, 0.3) is 11.0 Å². The van der Waals surface area contributed by atoms with Crippen LogP contribution < -0.4 is 10.4 Å². The van der Waals surface area contributed by atoms with Gasteiger partial charge in [-0.15, -0.1) is 0 Å². The Morgan fingerprint density at radius 1 is 0.968 bits per heavy atom. The van der Waals surface area contributed by atoms with Crippen molar-refractivity contribution in [1.82, 2.24) is 9.80 Å². The molecular weight excluding hydrogens is 412 g/mol. The highest BCUT2D eigenvalue weighted by molar-refractivity contribution is 6.30. The molecule has 6 heteroatoms. The minimum Gasteiger partial charge on any atom is -0.493 e. The largest absolute Gasteiger partial charge is 0.493 e. The van der Waals surface area contributed by atoms with E-state index in [0.29, 0.717) is 17.8 Å². The first-order valence-electron chi connectivity index (χ1n) is 10.9. The van der Waals surface area contributed by atoms with Gasteiger partial charge in [-0.05, 0) is 55.7 Å². The van der Waals surface area contributed by atoms with Crippen molar-refractivity contribution in [3.05, 3.63) is 74.6 Å². The Balaban J connectivity index is 1.20. The summed E-state index contributed by atoms with van der Waals surface area (Å²) in [6.07, 6.45) is 0.964. The van der Waals surface area contributed by atoms with Crippen LogP contribution in [0.3, 0.4) is 0 Å².